The Labute approximate surface area is 116 Å². The first kappa shape index (κ1) is 12.1. The van der Waals surface area contributed by atoms with Crippen molar-refractivity contribution in [1.82, 2.24) is 19.9 Å². The third-order valence-corrected chi connectivity index (χ3v) is 4.17. The van der Waals surface area contributed by atoms with E-state index in [0.29, 0.717) is 32.2 Å². The molecule has 7 nitrogen and oxygen atoms in total. The summed E-state index contributed by atoms with van der Waals surface area (Å²) in [5, 5.41) is 8.36. The minimum absolute atomic E-state index is 0.0746. The highest BCUT2D eigenvalue weighted by atomic mass is 16.6. The fourth-order valence-corrected chi connectivity index (χ4v) is 2.63. The Hall–Kier alpha value is -1.63. The number of rotatable bonds is 3. The summed E-state index contributed by atoms with van der Waals surface area (Å²) >= 11 is 0. The first-order valence-corrected chi connectivity index (χ1v) is 7.24. The summed E-state index contributed by atoms with van der Waals surface area (Å²) in [6, 6.07) is 0.238. The van der Waals surface area contributed by atoms with Crippen molar-refractivity contribution in [2.45, 2.75) is 37.3 Å². The second kappa shape index (κ2) is 4.73. The summed E-state index contributed by atoms with van der Waals surface area (Å²) in [4.78, 5) is 13.6. The zero-order valence-corrected chi connectivity index (χ0v) is 11.3. The largest absolute Gasteiger partial charge is 0.444 e. The van der Waals surface area contributed by atoms with Crippen LogP contribution >= 0.6 is 0 Å². The van der Waals surface area contributed by atoms with Gasteiger partial charge in [0.2, 0.25) is 0 Å². The van der Waals surface area contributed by atoms with Gasteiger partial charge in [-0.05, 0) is 12.8 Å². The molecule has 1 amide bonds. The summed E-state index contributed by atoms with van der Waals surface area (Å²) in [6.07, 6.45) is 4.97. The first-order valence-electron chi connectivity index (χ1n) is 7.24. The fourth-order valence-electron chi connectivity index (χ4n) is 2.63. The zero-order valence-electron chi connectivity index (χ0n) is 11.3. The number of amides is 1. The molecule has 108 valence electrons. The predicted octanol–water partition coefficient (Wildman–Crippen LogP) is 0.938. The molecule has 1 atom stereocenters. The molecule has 0 spiro atoms. The topological polar surface area (TPSA) is 69.5 Å². The Morgan fingerprint density at radius 2 is 2.20 bits per heavy atom. The minimum Gasteiger partial charge on any atom is -0.444 e. The molecule has 1 aromatic rings. The van der Waals surface area contributed by atoms with Crippen molar-refractivity contribution < 1.29 is 14.3 Å². The van der Waals surface area contributed by atoms with Crippen molar-refractivity contribution in [3.63, 3.8) is 0 Å². The number of nitrogens with zero attached hydrogens (tertiary/aromatic N) is 4. The fraction of sp³-hybridized carbons (Fsp3) is 0.769. The molecule has 4 rings (SSSR count). The summed E-state index contributed by atoms with van der Waals surface area (Å²) in [5.41, 5.74) is 1.09. The Morgan fingerprint density at radius 1 is 1.35 bits per heavy atom. The number of ether oxygens (including phenoxy) is 2. The van der Waals surface area contributed by atoms with E-state index in [1.165, 1.54) is 12.8 Å². The molecule has 3 heterocycles. The van der Waals surface area contributed by atoms with Crippen LogP contribution < -0.4 is 0 Å². The van der Waals surface area contributed by atoms with Crippen LogP contribution in [0.2, 0.25) is 0 Å². The molecule has 3 fully saturated rings. The van der Waals surface area contributed by atoms with Crippen LogP contribution in [0.5, 0.6) is 0 Å². The SMILES string of the molecule is O=C(OC1CCOC1)N1CC(n2cc(C3CC3)nn2)C1. The molecule has 1 unspecified atom stereocenters. The number of likely N-dealkylation sites (tertiary alicyclic amines) is 1. The standard InChI is InChI=1S/C13H18N4O3/c18-13(20-11-3-4-19-8-11)16-5-10(6-16)17-7-12(14-15-17)9-1-2-9/h7,9-11H,1-6,8H2. The molecule has 1 aromatic heterocycles. The Kier molecular flexibility index (Phi) is 2.87. The lowest BCUT2D eigenvalue weighted by molar-refractivity contribution is 0.0234. The van der Waals surface area contributed by atoms with Gasteiger partial charge >= 0.3 is 6.09 Å². The maximum atomic E-state index is 11.9. The van der Waals surface area contributed by atoms with Crippen LogP contribution in [0.1, 0.15) is 36.9 Å². The second-order valence-electron chi connectivity index (χ2n) is 5.83. The maximum Gasteiger partial charge on any atom is 0.410 e. The van der Waals surface area contributed by atoms with E-state index in [1.807, 2.05) is 10.9 Å². The highest BCUT2D eigenvalue weighted by molar-refractivity contribution is 5.69. The van der Waals surface area contributed by atoms with Crippen molar-refractivity contribution in [3.05, 3.63) is 11.9 Å². The Morgan fingerprint density at radius 3 is 2.90 bits per heavy atom. The Bertz CT molecular complexity index is 501. The molecule has 7 heteroatoms. The zero-order chi connectivity index (χ0) is 13.5. The lowest BCUT2D eigenvalue weighted by atomic mass is 10.1. The molecular formula is C13H18N4O3. The van der Waals surface area contributed by atoms with E-state index in [4.69, 9.17) is 9.47 Å². The molecule has 0 radical (unpaired) electrons. The normalized spacial score (nSPS) is 26.6. The van der Waals surface area contributed by atoms with E-state index in [2.05, 4.69) is 10.3 Å². The molecule has 2 aliphatic heterocycles. The van der Waals surface area contributed by atoms with Gasteiger partial charge < -0.3 is 14.4 Å². The molecular weight excluding hydrogens is 260 g/mol. The lowest BCUT2D eigenvalue weighted by Crippen LogP contribution is -2.51. The van der Waals surface area contributed by atoms with Gasteiger partial charge in [0.1, 0.15) is 6.10 Å². The van der Waals surface area contributed by atoms with Gasteiger partial charge in [-0.3, -0.25) is 0 Å². The number of carbonyl (C=O) groups excluding carboxylic acids is 1. The lowest BCUT2D eigenvalue weighted by Gasteiger charge is -2.38. The number of hydrogen-bond donors (Lipinski definition) is 0. The van der Waals surface area contributed by atoms with E-state index in [-0.39, 0.29) is 18.2 Å². The summed E-state index contributed by atoms with van der Waals surface area (Å²) < 4.78 is 12.4. The minimum atomic E-state index is -0.237. The van der Waals surface area contributed by atoms with Gasteiger partial charge in [0.15, 0.2) is 0 Å². The molecule has 0 aromatic carbocycles. The number of aromatic nitrogens is 3. The average Bonchev–Trinajstić information content (AvgIpc) is 2.90. The molecule has 3 aliphatic rings. The van der Waals surface area contributed by atoms with Crippen LogP contribution in [0.4, 0.5) is 4.79 Å². The highest BCUT2D eigenvalue weighted by Gasteiger charge is 2.36. The molecule has 0 bridgehead atoms. The highest BCUT2D eigenvalue weighted by Crippen LogP contribution is 2.39. The third kappa shape index (κ3) is 2.26. The van der Waals surface area contributed by atoms with Crippen molar-refractivity contribution in [1.29, 1.82) is 0 Å². The smallest absolute Gasteiger partial charge is 0.410 e. The number of carbonyl (C=O) groups is 1. The number of hydrogen-bond acceptors (Lipinski definition) is 5. The Balaban J connectivity index is 1.28. The van der Waals surface area contributed by atoms with Crippen LogP contribution in [0.25, 0.3) is 0 Å². The van der Waals surface area contributed by atoms with Gasteiger partial charge in [-0.15, -0.1) is 5.10 Å². The summed E-state index contributed by atoms with van der Waals surface area (Å²) in [7, 11) is 0. The van der Waals surface area contributed by atoms with E-state index in [1.54, 1.807) is 4.90 Å². The van der Waals surface area contributed by atoms with Gasteiger partial charge in [0.25, 0.3) is 0 Å². The quantitative estimate of drug-likeness (QED) is 0.823. The van der Waals surface area contributed by atoms with Crippen molar-refractivity contribution >= 4 is 6.09 Å². The van der Waals surface area contributed by atoms with Gasteiger partial charge in [-0.1, -0.05) is 5.21 Å². The van der Waals surface area contributed by atoms with Crippen LogP contribution in [0.3, 0.4) is 0 Å². The van der Waals surface area contributed by atoms with E-state index < -0.39 is 0 Å². The third-order valence-electron chi connectivity index (χ3n) is 4.17. The van der Waals surface area contributed by atoms with Gasteiger partial charge in [-0.25, -0.2) is 9.48 Å². The second-order valence-corrected chi connectivity index (χ2v) is 5.83. The van der Waals surface area contributed by atoms with Gasteiger partial charge in [0, 0.05) is 31.6 Å². The van der Waals surface area contributed by atoms with E-state index >= 15 is 0 Å². The summed E-state index contributed by atoms with van der Waals surface area (Å²) in [6.45, 7) is 2.51. The van der Waals surface area contributed by atoms with Crippen LogP contribution in [-0.4, -0.2) is 58.4 Å². The monoisotopic (exact) mass is 278 g/mol. The van der Waals surface area contributed by atoms with Gasteiger partial charge in [-0.2, -0.15) is 0 Å². The molecule has 2 saturated heterocycles. The first-order chi connectivity index (χ1) is 9.79. The van der Waals surface area contributed by atoms with Crippen LogP contribution in [0, 0.1) is 0 Å². The predicted molar refractivity (Wildman–Crippen MR) is 68.3 cm³/mol. The average molecular weight is 278 g/mol. The molecule has 20 heavy (non-hydrogen) atoms. The summed E-state index contributed by atoms with van der Waals surface area (Å²) in [5.74, 6) is 0.618. The van der Waals surface area contributed by atoms with E-state index in [9.17, 15) is 4.79 Å². The molecule has 1 aliphatic carbocycles. The van der Waals surface area contributed by atoms with Crippen LogP contribution in [-0.2, 0) is 9.47 Å². The van der Waals surface area contributed by atoms with Crippen molar-refractivity contribution in [2.75, 3.05) is 26.3 Å². The van der Waals surface area contributed by atoms with Crippen molar-refractivity contribution in [3.8, 4) is 0 Å². The van der Waals surface area contributed by atoms with Crippen LogP contribution in [0.15, 0.2) is 6.20 Å². The molecule has 0 N–H and O–H groups in total. The molecule has 1 saturated carbocycles. The van der Waals surface area contributed by atoms with E-state index in [0.717, 1.165) is 12.1 Å². The van der Waals surface area contributed by atoms with Gasteiger partial charge in [0.05, 0.1) is 24.9 Å². The van der Waals surface area contributed by atoms with Crippen molar-refractivity contribution in [2.24, 2.45) is 0 Å². The maximum absolute atomic E-state index is 11.9.